The minimum atomic E-state index is -1.39. The van der Waals surface area contributed by atoms with E-state index in [1.165, 1.54) is 6.92 Å². The minimum absolute atomic E-state index is 0.0870. The van der Waals surface area contributed by atoms with Gasteiger partial charge >= 0.3 is 0 Å². The molecule has 2 heterocycles. The number of para-hydroxylation sites is 1. The molecular formula is C41H51N5O7. The molecule has 0 spiro atoms. The summed E-state index contributed by atoms with van der Waals surface area (Å²) in [6.07, 6.45) is 1.99. The van der Waals surface area contributed by atoms with E-state index in [1.54, 1.807) is 43.5 Å². The van der Waals surface area contributed by atoms with Gasteiger partial charge in [-0.05, 0) is 66.6 Å². The lowest BCUT2D eigenvalue weighted by atomic mass is 9.97. The molecule has 1 fully saturated rings. The van der Waals surface area contributed by atoms with Crippen LogP contribution in [0.25, 0.3) is 17.0 Å². The Kier molecular flexibility index (Phi) is 13.4. The van der Waals surface area contributed by atoms with Gasteiger partial charge in [-0.25, -0.2) is 0 Å². The van der Waals surface area contributed by atoms with Gasteiger partial charge in [0.25, 0.3) is 0 Å². The number of nitrogens with one attached hydrogen (secondary N) is 4. The Bertz CT molecular complexity index is 1860. The van der Waals surface area contributed by atoms with Crippen molar-refractivity contribution in [1.29, 1.82) is 0 Å². The molecule has 7 atom stereocenters. The second-order valence-electron chi connectivity index (χ2n) is 13.9. The van der Waals surface area contributed by atoms with Crippen molar-refractivity contribution >= 4 is 34.7 Å². The van der Waals surface area contributed by atoms with Gasteiger partial charge in [-0.15, -0.1) is 0 Å². The second-order valence-corrected chi connectivity index (χ2v) is 13.9. The molecule has 0 aliphatic carbocycles. The molecule has 1 aliphatic heterocycles. The zero-order chi connectivity index (χ0) is 38.1. The average Bonchev–Trinajstić information content (AvgIpc) is 3.45. The summed E-state index contributed by atoms with van der Waals surface area (Å²) in [7, 11) is 1.97. The number of benzene rings is 3. The van der Waals surface area contributed by atoms with Crippen LogP contribution in [0, 0.1) is 5.92 Å². The highest BCUT2D eigenvalue weighted by Crippen LogP contribution is 2.25. The predicted molar refractivity (Wildman–Crippen MR) is 204 cm³/mol. The normalized spacial score (nSPS) is 21.3. The molecule has 12 nitrogen and oxygen atoms in total. The number of nitrogens with zero attached hydrogens (tertiary/aromatic N) is 1. The zero-order valence-electron chi connectivity index (χ0n) is 30.9. The lowest BCUT2D eigenvalue weighted by Gasteiger charge is -2.41. The lowest BCUT2D eigenvalue weighted by molar-refractivity contribution is -0.242. The number of amides is 3. The topological polar surface area (TPSA) is 163 Å². The van der Waals surface area contributed by atoms with Crippen LogP contribution in [-0.4, -0.2) is 81.8 Å². The third kappa shape index (κ3) is 10.3. The number of hydrogen-bond donors (Lipinski definition) is 6. The summed E-state index contributed by atoms with van der Waals surface area (Å²) in [5.74, 6) is -0.479. The summed E-state index contributed by atoms with van der Waals surface area (Å²) in [6.45, 7) is 7.41. The molecule has 53 heavy (non-hydrogen) atoms. The fourth-order valence-corrected chi connectivity index (χ4v) is 6.58. The fourth-order valence-electron chi connectivity index (χ4n) is 6.58. The van der Waals surface area contributed by atoms with Crippen molar-refractivity contribution in [3.63, 3.8) is 0 Å². The Labute approximate surface area is 310 Å². The van der Waals surface area contributed by atoms with Gasteiger partial charge < -0.3 is 40.2 Å². The molecule has 0 unspecified atom stereocenters. The number of carbonyl (C=O) groups excluding carboxylic acids is 3. The first-order valence-electron chi connectivity index (χ1n) is 18.0. The monoisotopic (exact) mass is 725 g/mol. The van der Waals surface area contributed by atoms with Crippen molar-refractivity contribution in [1.82, 2.24) is 25.8 Å². The van der Waals surface area contributed by atoms with Crippen LogP contribution in [0.15, 0.2) is 91.3 Å². The maximum absolute atomic E-state index is 13.8. The number of aryl methyl sites for hydroxylation is 1. The number of aromatic nitrogens is 1. The molecule has 0 bridgehead atoms. The molecular weight excluding hydrogens is 674 g/mol. The van der Waals surface area contributed by atoms with E-state index in [1.807, 2.05) is 86.3 Å². The Morgan fingerprint density at radius 2 is 1.64 bits per heavy atom. The van der Waals surface area contributed by atoms with Crippen LogP contribution in [0.1, 0.15) is 44.4 Å². The Balaban J connectivity index is 1.24. The Hall–Kier alpha value is -5.01. The highest BCUT2D eigenvalue weighted by atomic mass is 16.7. The van der Waals surface area contributed by atoms with Crippen molar-refractivity contribution in [3.8, 4) is 5.75 Å². The van der Waals surface area contributed by atoms with Crippen LogP contribution in [0.5, 0.6) is 5.75 Å². The lowest BCUT2D eigenvalue weighted by Crippen LogP contribution is -2.63. The van der Waals surface area contributed by atoms with E-state index >= 15 is 0 Å². The van der Waals surface area contributed by atoms with E-state index in [4.69, 9.17) is 9.47 Å². The summed E-state index contributed by atoms with van der Waals surface area (Å²) in [4.78, 5) is 38.8. The highest BCUT2D eigenvalue weighted by molar-refractivity contribution is 5.88. The minimum Gasteiger partial charge on any atom is -0.462 e. The zero-order valence-corrected chi connectivity index (χ0v) is 30.9. The molecule has 282 valence electrons. The van der Waals surface area contributed by atoms with Crippen LogP contribution >= 0.6 is 0 Å². The van der Waals surface area contributed by atoms with E-state index in [9.17, 15) is 24.6 Å². The first-order valence-corrected chi connectivity index (χ1v) is 18.0. The molecule has 6 N–H and O–H groups in total. The molecule has 0 saturated carbocycles. The van der Waals surface area contributed by atoms with Gasteiger partial charge in [-0.3, -0.25) is 19.7 Å². The summed E-state index contributed by atoms with van der Waals surface area (Å²) < 4.78 is 13.6. The number of carbonyl (C=O) groups is 3. The third-order valence-electron chi connectivity index (χ3n) is 9.46. The van der Waals surface area contributed by atoms with E-state index in [0.29, 0.717) is 25.1 Å². The molecule has 5 rings (SSSR count). The fraction of sp³-hybridized carbons (Fsp3) is 0.390. The predicted octanol–water partition coefficient (Wildman–Crippen LogP) is 3.20. The van der Waals surface area contributed by atoms with Crippen molar-refractivity contribution < 1.29 is 34.1 Å². The van der Waals surface area contributed by atoms with E-state index < -0.39 is 42.7 Å². The van der Waals surface area contributed by atoms with E-state index in [2.05, 4.69) is 21.3 Å². The van der Waals surface area contributed by atoms with Crippen molar-refractivity contribution in [2.45, 2.75) is 83.3 Å². The Morgan fingerprint density at radius 1 is 0.943 bits per heavy atom. The quantitative estimate of drug-likeness (QED) is 0.109. The van der Waals surface area contributed by atoms with Crippen LogP contribution in [0.4, 0.5) is 0 Å². The largest absolute Gasteiger partial charge is 0.462 e. The van der Waals surface area contributed by atoms with E-state index in [-0.39, 0.29) is 23.6 Å². The van der Waals surface area contributed by atoms with Crippen LogP contribution in [0.2, 0.25) is 0 Å². The first kappa shape index (κ1) is 39.2. The van der Waals surface area contributed by atoms with Gasteiger partial charge in [0.1, 0.15) is 18.0 Å². The molecule has 0 radical (unpaired) electrons. The average molecular weight is 726 g/mol. The van der Waals surface area contributed by atoms with Crippen LogP contribution in [-0.2, 0) is 39.0 Å². The summed E-state index contributed by atoms with van der Waals surface area (Å²) in [5.41, 5.74) is 3.94. The first-order chi connectivity index (χ1) is 25.4. The number of aliphatic hydroxyl groups excluding tert-OH is 2. The van der Waals surface area contributed by atoms with Crippen LogP contribution < -0.4 is 26.0 Å². The molecule has 3 amide bonds. The summed E-state index contributed by atoms with van der Waals surface area (Å²) in [5, 5.41) is 34.1. The molecule has 1 aromatic heterocycles. The highest BCUT2D eigenvalue weighted by Gasteiger charge is 2.44. The summed E-state index contributed by atoms with van der Waals surface area (Å²) in [6, 6.07) is 22.8. The second kappa shape index (κ2) is 18.2. The number of aliphatic hydroxyl groups is 2. The molecule has 1 saturated heterocycles. The standard InChI is InChI=1S/C41H51N5O7/c1-25(2)35(40(51)43-22-19-28-11-7-6-8-12-28)45-33(23-30-24-46(5)34-14-10-9-13-32(30)34)39(50)42-21-20-29-15-17-31(18-16-29)53-41-38(49)37(48)36(26(3)52-41)44-27(4)47/h6-18,20-21,24-26,33,35-38,41,45,48-49H,19,22-23H2,1-5H3,(H,42,50)(H,43,51)(H,44,47)/t26-,33+,35-,36+,37+,38-,41+/m1/s1. The maximum atomic E-state index is 13.8. The molecule has 3 aromatic carbocycles. The third-order valence-corrected chi connectivity index (χ3v) is 9.46. The Morgan fingerprint density at radius 3 is 2.34 bits per heavy atom. The maximum Gasteiger partial charge on any atom is 0.241 e. The van der Waals surface area contributed by atoms with Crippen molar-refractivity contribution in [2.75, 3.05) is 6.54 Å². The number of hydrogen-bond acceptors (Lipinski definition) is 8. The van der Waals surface area contributed by atoms with Gasteiger partial charge in [0, 0.05) is 43.8 Å². The summed E-state index contributed by atoms with van der Waals surface area (Å²) >= 11 is 0. The number of rotatable bonds is 15. The van der Waals surface area contributed by atoms with Crippen molar-refractivity contribution in [2.24, 2.45) is 13.0 Å². The van der Waals surface area contributed by atoms with Crippen LogP contribution in [0.3, 0.4) is 0 Å². The van der Waals surface area contributed by atoms with E-state index in [0.717, 1.165) is 27.6 Å². The van der Waals surface area contributed by atoms with Gasteiger partial charge in [0.2, 0.25) is 24.0 Å². The van der Waals surface area contributed by atoms with Crippen molar-refractivity contribution in [3.05, 3.63) is 108 Å². The molecule has 1 aliphatic rings. The van der Waals surface area contributed by atoms with Gasteiger partial charge in [0.15, 0.2) is 0 Å². The molecule has 12 heteroatoms. The van der Waals surface area contributed by atoms with Gasteiger partial charge in [-0.2, -0.15) is 0 Å². The SMILES string of the molecule is CC(=O)N[C@@H]1[C@H](O)[C@@H](O)[C@H](Oc2ccc(C=CNC(=O)[C@H](Cc3cn(C)c4ccccc34)N[C@@H](C(=O)NCCc3ccccc3)C(C)C)cc2)O[C@@H]1C. The smallest absolute Gasteiger partial charge is 0.241 e. The number of fused-ring (bicyclic) bond motifs is 1. The van der Waals surface area contributed by atoms with Gasteiger partial charge in [-0.1, -0.05) is 74.5 Å². The van der Waals surface area contributed by atoms with Gasteiger partial charge in [0.05, 0.1) is 24.2 Å². The molecule has 4 aromatic rings. The number of ether oxygens (including phenoxy) is 2.